The minimum Gasteiger partial charge on any atom is -0.345 e. The van der Waals surface area contributed by atoms with Crippen molar-refractivity contribution in [1.82, 2.24) is 5.32 Å². The molecule has 0 aromatic heterocycles. The molecule has 140 valence electrons. The lowest BCUT2D eigenvalue weighted by molar-refractivity contribution is -0.117. The molecule has 7 heteroatoms. The Labute approximate surface area is 154 Å². The van der Waals surface area contributed by atoms with E-state index in [1.807, 2.05) is 0 Å². The Morgan fingerprint density at radius 1 is 1.23 bits per heavy atom. The third kappa shape index (κ3) is 4.97. The normalized spacial score (nSPS) is 16.6. The number of hydrogen-bond donors (Lipinski definition) is 1. The summed E-state index contributed by atoms with van der Waals surface area (Å²) in [6.07, 6.45) is -2.30. The summed E-state index contributed by atoms with van der Waals surface area (Å²) in [4.78, 5) is 12.5. The average molecular weight is 388 g/mol. The van der Waals surface area contributed by atoms with Crippen LogP contribution in [-0.2, 0) is 4.79 Å². The van der Waals surface area contributed by atoms with E-state index in [9.17, 15) is 22.4 Å². The van der Waals surface area contributed by atoms with Crippen molar-refractivity contribution in [2.45, 2.75) is 38.9 Å². The van der Waals surface area contributed by atoms with Crippen molar-refractivity contribution in [3.05, 3.63) is 69.5 Å². The molecule has 1 aromatic rings. The number of amides is 1. The van der Waals surface area contributed by atoms with E-state index >= 15 is 0 Å². The number of hydrogen-bond acceptors (Lipinski definition) is 1. The molecule has 1 atom stereocenters. The molecule has 2 rings (SSSR count). The fourth-order valence-electron chi connectivity index (χ4n) is 2.53. The van der Waals surface area contributed by atoms with E-state index in [-0.39, 0.29) is 17.0 Å². The number of rotatable bonds is 4. The van der Waals surface area contributed by atoms with Crippen molar-refractivity contribution in [3.63, 3.8) is 0 Å². The molecule has 1 unspecified atom stereocenters. The third-order valence-corrected chi connectivity index (χ3v) is 4.41. The first kappa shape index (κ1) is 20.2. The van der Waals surface area contributed by atoms with Crippen LogP contribution in [0, 0.1) is 5.82 Å². The zero-order valence-electron chi connectivity index (χ0n) is 14.3. The molecule has 1 aromatic carbocycles. The number of carbonyl (C=O) groups is 1. The lowest BCUT2D eigenvalue weighted by Gasteiger charge is -2.16. The average Bonchev–Trinajstić information content (AvgIpc) is 2.73. The highest BCUT2D eigenvalue weighted by Gasteiger charge is 2.34. The highest BCUT2D eigenvalue weighted by molar-refractivity contribution is 6.32. The fourth-order valence-corrected chi connectivity index (χ4v) is 2.84. The first-order valence-corrected chi connectivity index (χ1v) is 8.43. The molecular formula is C19H18ClF4NO. The van der Waals surface area contributed by atoms with E-state index in [2.05, 4.69) is 5.32 Å². The van der Waals surface area contributed by atoms with Crippen LogP contribution in [0.3, 0.4) is 0 Å². The van der Waals surface area contributed by atoms with Crippen LogP contribution in [0.15, 0.2) is 58.2 Å². The molecule has 0 saturated heterocycles. The first-order chi connectivity index (χ1) is 12.1. The lowest BCUT2D eigenvalue weighted by atomic mass is 10.1. The van der Waals surface area contributed by atoms with Crippen molar-refractivity contribution < 1.29 is 22.4 Å². The number of benzene rings is 1. The monoisotopic (exact) mass is 387 g/mol. The lowest BCUT2D eigenvalue weighted by Crippen LogP contribution is -2.28. The maximum absolute atomic E-state index is 13.2. The molecule has 1 aliphatic carbocycles. The van der Waals surface area contributed by atoms with Crippen LogP contribution in [0.25, 0.3) is 0 Å². The van der Waals surface area contributed by atoms with Crippen molar-refractivity contribution >= 4 is 17.5 Å². The van der Waals surface area contributed by atoms with Gasteiger partial charge in [-0.05, 0) is 37.1 Å². The fraction of sp³-hybridized carbons (Fsp3) is 0.316. The van der Waals surface area contributed by atoms with Crippen LogP contribution in [0.4, 0.5) is 17.6 Å². The second kappa shape index (κ2) is 8.08. The van der Waals surface area contributed by atoms with Crippen molar-refractivity contribution in [3.8, 4) is 0 Å². The quantitative estimate of drug-likeness (QED) is 0.657. The Kier molecular flexibility index (Phi) is 6.29. The molecule has 2 nitrogen and oxygen atoms in total. The summed E-state index contributed by atoms with van der Waals surface area (Å²) in [6.45, 7) is 3.38. The molecule has 0 spiro atoms. The van der Waals surface area contributed by atoms with Gasteiger partial charge in [-0.1, -0.05) is 42.3 Å². The van der Waals surface area contributed by atoms with E-state index in [1.165, 1.54) is 24.3 Å². The molecular weight excluding hydrogens is 370 g/mol. The Morgan fingerprint density at radius 3 is 2.38 bits per heavy atom. The van der Waals surface area contributed by atoms with Gasteiger partial charge in [0.05, 0.1) is 17.2 Å². The summed E-state index contributed by atoms with van der Waals surface area (Å²) in [5.74, 6) is -1.13. The van der Waals surface area contributed by atoms with Crippen LogP contribution in [-0.4, -0.2) is 12.1 Å². The minimum atomic E-state index is -4.59. The van der Waals surface area contributed by atoms with Crippen molar-refractivity contribution in [1.29, 1.82) is 0 Å². The Morgan fingerprint density at radius 2 is 1.85 bits per heavy atom. The van der Waals surface area contributed by atoms with Crippen LogP contribution < -0.4 is 5.32 Å². The summed E-state index contributed by atoms with van der Waals surface area (Å²) in [7, 11) is 0. The van der Waals surface area contributed by atoms with E-state index in [1.54, 1.807) is 13.8 Å². The number of alkyl halides is 3. The van der Waals surface area contributed by atoms with E-state index in [0.717, 1.165) is 12.2 Å². The largest absolute Gasteiger partial charge is 0.416 e. The van der Waals surface area contributed by atoms with Crippen molar-refractivity contribution in [2.75, 3.05) is 0 Å². The van der Waals surface area contributed by atoms with Crippen LogP contribution >= 0.6 is 11.6 Å². The van der Waals surface area contributed by atoms with Gasteiger partial charge in [-0.2, -0.15) is 13.2 Å². The molecule has 0 fully saturated rings. The van der Waals surface area contributed by atoms with Gasteiger partial charge in [0.15, 0.2) is 0 Å². The predicted octanol–water partition coefficient (Wildman–Crippen LogP) is 5.72. The molecule has 0 radical (unpaired) electrons. The molecule has 1 N–H and O–H groups in total. The number of carbonyl (C=O) groups excluding carboxylic acids is 1. The summed E-state index contributed by atoms with van der Waals surface area (Å²) < 4.78 is 52.6. The summed E-state index contributed by atoms with van der Waals surface area (Å²) in [5, 5.41) is 2.67. The maximum atomic E-state index is 13.2. The van der Waals surface area contributed by atoms with E-state index in [0.29, 0.717) is 17.6 Å². The molecule has 0 aliphatic heterocycles. The van der Waals surface area contributed by atoms with Gasteiger partial charge in [-0.15, -0.1) is 0 Å². The van der Waals surface area contributed by atoms with Crippen LogP contribution in [0.1, 0.15) is 38.3 Å². The van der Waals surface area contributed by atoms with Gasteiger partial charge >= 0.3 is 6.18 Å². The first-order valence-electron chi connectivity index (χ1n) is 8.05. The van der Waals surface area contributed by atoms with Gasteiger partial charge in [0, 0.05) is 11.5 Å². The Bertz CT molecular complexity index is 776. The standard InChI is InChI=1S/C19H18ClF4NO/c1-3-12-8-14(19(22,23)24)10-16(17(20)9-12)18(26)25-11(2)13-4-6-15(21)7-5-13/h4-8,10-11H,3,9H2,1-2H3,(H,25,26). The van der Waals surface area contributed by atoms with Gasteiger partial charge in [0.1, 0.15) is 5.82 Å². The summed E-state index contributed by atoms with van der Waals surface area (Å²) >= 11 is 6.14. The van der Waals surface area contributed by atoms with E-state index in [4.69, 9.17) is 11.6 Å². The van der Waals surface area contributed by atoms with Gasteiger partial charge < -0.3 is 5.32 Å². The second-order valence-corrected chi connectivity index (χ2v) is 6.45. The maximum Gasteiger partial charge on any atom is 0.416 e. The number of halogens is 5. The van der Waals surface area contributed by atoms with Crippen molar-refractivity contribution in [2.24, 2.45) is 0 Å². The van der Waals surface area contributed by atoms with Crippen LogP contribution in [0.2, 0.25) is 0 Å². The number of allylic oxidation sites excluding steroid dienone is 4. The Balaban J connectivity index is 2.29. The van der Waals surface area contributed by atoms with Crippen LogP contribution in [0.5, 0.6) is 0 Å². The zero-order chi connectivity index (χ0) is 19.5. The number of nitrogens with one attached hydrogen (secondary N) is 1. The van der Waals surface area contributed by atoms with Gasteiger partial charge in [-0.25, -0.2) is 4.39 Å². The smallest absolute Gasteiger partial charge is 0.345 e. The molecule has 1 amide bonds. The van der Waals surface area contributed by atoms with Gasteiger partial charge in [0.25, 0.3) is 5.91 Å². The second-order valence-electron chi connectivity index (χ2n) is 6.00. The summed E-state index contributed by atoms with van der Waals surface area (Å²) in [5.41, 5.74) is -0.0114. The van der Waals surface area contributed by atoms with E-state index < -0.39 is 29.5 Å². The zero-order valence-corrected chi connectivity index (χ0v) is 15.0. The minimum absolute atomic E-state index is 0.0566. The molecule has 0 heterocycles. The molecule has 0 bridgehead atoms. The topological polar surface area (TPSA) is 29.1 Å². The SMILES string of the molecule is CCC1=CC(C(F)(F)F)=CC(C(=O)NC(C)c2ccc(F)cc2)=C(Cl)C1. The highest BCUT2D eigenvalue weighted by Crippen LogP contribution is 2.35. The third-order valence-electron chi connectivity index (χ3n) is 4.08. The van der Waals surface area contributed by atoms with Gasteiger partial charge in [-0.3, -0.25) is 4.79 Å². The predicted molar refractivity (Wildman–Crippen MR) is 93.0 cm³/mol. The molecule has 1 aliphatic rings. The summed E-state index contributed by atoms with van der Waals surface area (Å²) in [6, 6.07) is 4.96. The molecule has 0 saturated carbocycles. The molecule has 26 heavy (non-hydrogen) atoms. The Hall–Kier alpha value is -2.08. The highest BCUT2D eigenvalue weighted by atomic mass is 35.5. The van der Waals surface area contributed by atoms with Gasteiger partial charge in [0.2, 0.25) is 0 Å².